The lowest BCUT2D eigenvalue weighted by atomic mass is 9.86. The Bertz CT molecular complexity index is 181. The summed E-state index contributed by atoms with van der Waals surface area (Å²) >= 11 is 0. The molecule has 2 saturated carbocycles. The standard InChI is InChI=1S/C11H20O2/c12-10-6-3-5-9-4-1-2-7-11(10,13)8-9/h9-10,12-13H,1-8H2. The Morgan fingerprint density at radius 1 is 1.00 bits per heavy atom. The molecule has 3 atom stereocenters. The first-order valence-corrected chi connectivity index (χ1v) is 5.61. The molecule has 2 N–H and O–H groups in total. The molecule has 2 bridgehead atoms. The fourth-order valence-corrected chi connectivity index (χ4v) is 2.99. The summed E-state index contributed by atoms with van der Waals surface area (Å²) in [6.07, 6.45) is 7.87. The third kappa shape index (κ3) is 1.89. The molecule has 0 aromatic carbocycles. The SMILES string of the molecule is OC1CCCC2CCCCC1(O)C2. The third-order valence-electron chi connectivity index (χ3n) is 3.82. The summed E-state index contributed by atoms with van der Waals surface area (Å²) in [6, 6.07) is 0. The molecule has 3 unspecified atom stereocenters. The zero-order valence-electron chi connectivity index (χ0n) is 8.21. The highest BCUT2D eigenvalue weighted by Gasteiger charge is 2.40. The van der Waals surface area contributed by atoms with Gasteiger partial charge in [-0.05, 0) is 25.2 Å². The second-order valence-corrected chi connectivity index (χ2v) is 4.87. The Morgan fingerprint density at radius 2 is 1.77 bits per heavy atom. The Labute approximate surface area is 80.0 Å². The quantitative estimate of drug-likeness (QED) is 0.603. The van der Waals surface area contributed by atoms with Gasteiger partial charge in [-0.15, -0.1) is 0 Å². The Balaban J connectivity index is 2.15. The van der Waals surface area contributed by atoms with Gasteiger partial charge < -0.3 is 10.2 Å². The largest absolute Gasteiger partial charge is 0.390 e. The van der Waals surface area contributed by atoms with Gasteiger partial charge in [0.05, 0.1) is 11.7 Å². The van der Waals surface area contributed by atoms with Gasteiger partial charge in [-0.25, -0.2) is 0 Å². The molecule has 2 heteroatoms. The maximum atomic E-state index is 10.3. The van der Waals surface area contributed by atoms with Gasteiger partial charge in [0, 0.05) is 0 Å². The van der Waals surface area contributed by atoms with Crippen LogP contribution in [-0.2, 0) is 0 Å². The molecule has 13 heavy (non-hydrogen) atoms. The Morgan fingerprint density at radius 3 is 2.62 bits per heavy atom. The van der Waals surface area contributed by atoms with Crippen molar-refractivity contribution >= 4 is 0 Å². The molecule has 0 radical (unpaired) electrons. The van der Waals surface area contributed by atoms with E-state index >= 15 is 0 Å². The number of fused-ring (bicyclic) bond motifs is 2. The predicted molar refractivity (Wildman–Crippen MR) is 51.4 cm³/mol. The maximum Gasteiger partial charge on any atom is 0.0908 e. The summed E-state index contributed by atoms with van der Waals surface area (Å²) in [5.41, 5.74) is -0.738. The van der Waals surface area contributed by atoms with Crippen molar-refractivity contribution in [2.45, 2.75) is 63.1 Å². The van der Waals surface area contributed by atoms with Gasteiger partial charge in [0.1, 0.15) is 0 Å². The molecule has 2 aliphatic rings. The molecule has 2 nitrogen and oxygen atoms in total. The van der Waals surface area contributed by atoms with E-state index in [2.05, 4.69) is 0 Å². The van der Waals surface area contributed by atoms with Crippen molar-refractivity contribution < 1.29 is 10.2 Å². The molecular formula is C11H20O2. The Kier molecular flexibility index (Phi) is 2.61. The van der Waals surface area contributed by atoms with Crippen molar-refractivity contribution in [3.8, 4) is 0 Å². The fourth-order valence-electron chi connectivity index (χ4n) is 2.99. The average Bonchev–Trinajstić information content (AvgIpc) is 2.35. The smallest absolute Gasteiger partial charge is 0.0908 e. The minimum Gasteiger partial charge on any atom is -0.390 e. The maximum absolute atomic E-state index is 10.3. The molecular weight excluding hydrogens is 164 g/mol. The zero-order valence-corrected chi connectivity index (χ0v) is 8.21. The van der Waals surface area contributed by atoms with Crippen LogP contribution in [0.4, 0.5) is 0 Å². The normalized spacial score (nSPS) is 46.6. The lowest BCUT2D eigenvalue weighted by Gasteiger charge is -2.31. The predicted octanol–water partition coefficient (Wildman–Crippen LogP) is 1.84. The van der Waals surface area contributed by atoms with E-state index in [4.69, 9.17) is 0 Å². The van der Waals surface area contributed by atoms with Crippen LogP contribution in [0.15, 0.2) is 0 Å². The van der Waals surface area contributed by atoms with Gasteiger partial charge in [-0.3, -0.25) is 0 Å². The minimum atomic E-state index is -0.738. The summed E-state index contributed by atoms with van der Waals surface area (Å²) in [5.74, 6) is 0.671. The molecule has 76 valence electrons. The van der Waals surface area contributed by atoms with Crippen molar-refractivity contribution in [1.29, 1.82) is 0 Å². The van der Waals surface area contributed by atoms with E-state index in [1.165, 1.54) is 19.3 Å². The van der Waals surface area contributed by atoms with Gasteiger partial charge in [-0.2, -0.15) is 0 Å². The van der Waals surface area contributed by atoms with Crippen LogP contribution in [0.1, 0.15) is 51.4 Å². The van der Waals surface area contributed by atoms with E-state index in [1.54, 1.807) is 0 Å². The van der Waals surface area contributed by atoms with Gasteiger partial charge >= 0.3 is 0 Å². The van der Waals surface area contributed by atoms with E-state index in [0.717, 1.165) is 32.1 Å². The summed E-state index contributed by atoms with van der Waals surface area (Å²) in [5, 5.41) is 20.1. The highest BCUT2D eigenvalue weighted by Crippen LogP contribution is 2.39. The van der Waals surface area contributed by atoms with Crippen LogP contribution < -0.4 is 0 Å². The lowest BCUT2D eigenvalue weighted by Crippen LogP contribution is -2.41. The van der Waals surface area contributed by atoms with Crippen molar-refractivity contribution in [3.05, 3.63) is 0 Å². The first-order chi connectivity index (χ1) is 6.21. The van der Waals surface area contributed by atoms with Crippen LogP contribution in [0.5, 0.6) is 0 Å². The molecule has 0 aliphatic heterocycles. The van der Waals surface area contributed by atoms with Gasteiger partial charge in [0.2, 0.25) is 0 Å². The van der Waals surface area contributed by atoms with Crippen LogP contribution in [0, 0.1) is 5.92 Å². The topological polar surface area (TPSA) is 40.5 Å². The van der Waals surface area contributed by atoms with Crippen molar-refractivity contribution in [3.63, 3.8) is 0 Å². The van der Waals surface area contributed by atoms with Gasteiger partial charge in [-0.1, -0.05) is 32.1 Å². The molecule has 2 fully saturated rings. The summed E-state index contributed by atoms with van der Waals surface area (Å²) in [7, 11) is 0. The number of hydrogen-bond donors (Lipinski definition) is 2. The van der Waals surface area contributed by atoms with Crippen LogP contribution in [0.25, 0.3) is 0 Å². The van der Waals surface area contributed by atoms with E-state index < -0.39 is 11.7 Å². The first kappa shape index (κ1) is 9.47. The molecule has 0 heterocycles. The van der Waals surface area contributed by atoms with E-state index in [-0.39, 0.29) is 0 Å². The number of hydrogen-bond acceptors (Lipinski definition) is 2. The Hall–Kier alpha value is -0.0800. The first-order valence-electron chi connectivity index (χ1n) is 5.61. The van der Waals surface area contributed by atoms with Gasteiger partial charge in [0.25, 0.3) is 0 Å². The second-order valence-electron chi connectivity index (χ2n) is 4.87. The summed E-state index contributed by atoms with van der Waals surface area (Å²) in [6.45, 7) is 0. The summed E-state index contributed by atoms with van der Waals surface area (Å²) < 4.78 is 0. The van der Waals surface area contributed by atoms with Gasteiger partial charge in [0.15, 0.2) is 0 Å². The molecule has 2 aliphatic carbocycles. The molecule has 0 aromatic rings. The van der Waals surface area contributed by atoms with Crippen molar-refractivity contribution in [1.82, 2.24) is 0 Å². The van der Waals surface area contributed by atoms with Crippen LogP contribution in [0.3, 0.4) is 0 Å². The van der Waals surface area contributed by atoms with Crippen LogP contribution >= 0.6 is 0 Å². The zero-order chi connectivity index (χ0) is 9.31. The molecule has 2 rings (SSSR count). The number of aliphatic hydroxyl groups excluding tert-OH is 1. The van der Waals surface area contributed by atoms with Crippen LogP contribution in [0.2, 0.25) is 0 Å². The van der Waals surface area contributed by atoms with Crippen molar-refractivity contribution in [2.75, 3.05) is 0 Å². The lowest BCUT2D eigenvalue weighted by molar-refractivity contribution is -0.0867. The highest BCUT2D eigenvalue weighted by atomic mass is 16.3. The van der Waals surface area contributed by atoms with Crippen LogP contribution in [-0.4, -0.2) is 21.9 Å². The van der Waals surface area contributed by atoms with Crippen molar-refractivity contribution in [2.24, 2.45) is 5.92 Å². The average molecular weight is 184 g/mol. The monoisotopic (exact) mass is 184 g/mol. The molecule has 0 saturated heterocycles. The van der Waals surface area contributed by atoms with E-state index in [1.807, 2.05) is 0 Å². The fraction of sp³-hybridized carbons (Fsp3) is 1.00. The minimum absolute atomic E-state index is 0.462. The molecule has 0 spiro atoms. The highest BCUT2D eigenvalue weighted by molar-refractivity contribution is 4.93. The third-order valence-corrected chi connectivity index (χ3v) is 3.82. The van der Waals surface area contributed by atoms with E-state index in [0.29, 0.717) is 5.92 Å². The number of rotatable bonds is 0. The molecule has 0 aromatic heterocycles. The second kappa shape index (κ2) is 3.58. The number of aliphatic hydroxyl groups is 2. The molecule has 0 amide bonds. The van der Waals surface area contributed by atoms with E-state index in [9.17, 15) is 10.2 Å². The summed E-state index contributed by atoms with van der Waals surface area (Å²) in [4.78, 5) is 0.